The number of carbonyl (C=O) groups is 2. The summed E-state index contributed by atoms with van der Waals surface area (Å²) in [5, 5.41) is 9.51. The van der Waals surface area contributed by atoms with Crippen LogP contribution in [0.3, 0.4) is 0 Å². The van der Waals surface area contributed by atoms with Gasteiger partial charge in [0.1, 0.15) is 33.9 Å². The fourth-order valence-electron chi connectivity index (χ4n) is 3.84. The van der Waals surface area contributed by atoms with Gasteiger partial charge in [-0.2, -0.15) is 0 Å². The first-order chi connectivity index (χ1) is 17.9. The van der Waals surface area contributed by atoms with Gasteiger partial charge in [0.25, 0.3) is 0 Å². The highest BCUT2D eigenvalue weighted by Crippen LogP contribution is 2.45. The zero-order valence-corrected chi connectivity index (χ0v) is 21.6. The van der Waals surface area contributed by atoms with Crippen molar-refractivity contribution in [1.29, 1.82) is 0 Å². The molecule has 0 unspecified atom stereocenters. The summed E-state index contributed by atoms with van der Waals surface area (Å²) in [4.78, 5) is 30.3. The SMILES string of the molecule is COc1cc(C(=O)CCC(=O)c2ccc(OC)c(-c3c(Cl)sc4c(F)cccc34)n2)ccc1OCCO. The number of pyridine rings is 1. The number of fused-ring (bicyclic) bond motifs is 1. The van der Waals surface area contributed by atoms with Gasteiger partial charge in [-0.15, -0.1) is 11.3 Å². The van der Waals surface area contributed by atoms with Crippen molar-refractivity contribution < 1.29 is 33.3 Å². The standard InChI is InChI=1S/C27H23ClFNO6S/c1-34-22-11-7-18(30-25(22)24-16-4-3-5-17(29)26(16)37-27(24)28)20(33)9-8-19(32)15-6-10-21(36-13-12-31)23(14-15)35-2/h3-7,10-11,14,31H,8-9,12-13H2,1-2H3. The maximum absolute atomic E-state index is 14.3. The predicted molar refractivity (Wildman–Crippen MR) is 140 cm³/mol. The first kappa shape index (κ1) is 26.5. The molecule has 0 saturated carbocycles. The summed E-state index contributed by atoms with van der Waals surface area (Å²) in [6.45, 7) is -0.0604. The molecule has 0 saturated heterocycles. The van der Waals surface area contributed by atoms with Crippen molar-refractivity contribution in [3.8, 4) is 28.5 Å². The van der Waals surface area contributed by atoms with Gasteiger partial charge in [-0.3, -0.25) is 9.59 Å². The van der Waals surface area contributed by atoms with Gasteiger partial charge in [0.2, 0.25) is 0 Å². The molecule has 1 N–H and O–H groups in total. The van der Waals surface area contributed by atoms with Gasteiger partial charge in [0.05, 0.1) is 25.5 Å². The van der Waals surface area contributed by atoms with E-state index in [4.69, 9.17) is 30.9 Å². The molecule has 0 amide bonds. The Morgan fingerprint density at radius 3 is 2.46 bits per heavy atom. The second-order valence-corrected chi connectivity index (χ2v) is 9.52. The monoisotopic (exact) mass is 543 g/mol. The fourth-order valence-corrected chi connectivity index (χ4v) is 5.19. The molecule has 0 fully saturated rings. The molecular formula is C27H23ClFNO6S. The number of ketones is 2. The molecule has 0 spiro atoms. The lowest BCUT2D eigenvalue weighted by atomic mass is 10.0. The molecule has 0 aliphatic rings. The zero-order valence-electron chi connectivity index (χ0n) is 20.0. The van der Waals surface area contributed by atoms with Crippen molar-refractivity contribution in [3.05, 3.63) is 69.9 Å². The summed E-state index contributed by atoms with van der Waals surface area (Å²) < 4.78 is 31.1. The van der Waals surface area contributed by atoms with Crippen LogP contribution in [-0.2, 0) is 0 Å². The number of ether oxygens (including phenoxy) is 3. The quantitative estimate of drug-likeness (QED) is 0.232. The number of aliphatic hydroxyl groups is 1. The van der Waals surface area contributed by atoms with Gasteiger partial charge >= 0.3 is 0 Å². The summed E-state index contributed by atoms with van der Waals surface area (Å²) in [6.07, 6.45) is -0.120. The van der Waals surface area contributed by atoms with Crippen LogP contribution in [0.5, 0.6) is 17.2 Å². The van der Waals surface area contributed by atoms with E-state index in [2.05, 4.69) is 4.98 Å². The Morgan fingerprint density at radius 1 is 1.00 bits per heavy atom. The van der Waals surface area contributed by atoms with Gasteiger partial charge in [-0.1, -0.05) is 23.7 Å². The third-order valence-corrected chi connectivity index (χ3v) is 7.06. The molecule has 0 aliphatic carbocycles. The molecule has 4 rings (SSSR count). The summed E-state index contributed by atoms with van der Waals surface area (Å²) in [5.74, 6) is 0.145. The number of benzene rings is 2. The van der Waals surface area contributed by atoms with E-state index in [9.17, 15) is 14.0 Å². The average molecular weight is 544 g/mol. The molecule has 2 heterocycles. The highest BCUT2D eigenvalue weighted by Gasteiger charge is 2.22. The van der Waals surface area contributed by atoms with Gasteiger partial charge in [0, 0.05) is 29.4 Å². The number of thiophene rings is 1. The van der Waals surface area contributed by atoms with Crippen LogP contribution in [0.4, 0.5) is 4.39 Å². The molecule has 2 aromatic heterocycles. The lowest BCUT2D eigenvalue weighted by molar-refractivity contribution is 0.0914. The number of nitrogens with zero attached hydrogens (tertiary/aromatic N) is 1. The Balaban J connectivity index is 1.55. The van der Waals surface area contributed by atoms with Crippen LogP contribution in [0.25, 0.3) is 21.3 Å². The van der Waals surface area contributed by atoms with Crippen molar-refractivity contribution in [1.82, 2.24) is 4.98 Å². The molecule has 7 nitrogen and oxygen atoms in total. The number of aliphatic hydroxyl groups excluding tert-OH is 1. The highest BCUT2D eigenvalue weighted by molar-refractivity contribution is 7.23. The Bertz CT molecular complexity index is 1470. The topological polar surface area (TPSA) is 95.0 Å². The molecule has 0 bridgehead atoms. The lowest BCUT2D eigenvalue weighted by Crippen LogP contribution is -2.08. The van der Waals surface area contributed by atoms with E-state index >= 15 is 0 Å². The number of methoxy groups -OCH3 is 2. The minimum atomic E-state index is -0.398. The largest absolute Gasteiger partial charge is 0.494 e. The minimum absolute atomic E-state index is 0.0464. The smallest absolute Gasteiger partial charge is 0.181 e. The van der Waals surface area contributed by atoms with Crippen molar-refractivity contribution in [2.45, 2.75) is 12.8 Å². The first-order valence-corrected chi connectivity index (χ1v) is 12.5. The van der Waals surface area contributed by atoms with Crippen LogP contribution < -0.4 is 14.2 Å². The molecule has 4 aromatic rings. The Labute approximate surface area is 221 Å². The molecule has 0 radical (unpaired) electrons. The number of hydrogen-bond acceptors (Lipinski definition) is 8. The summed E-state index contributed by atoms with van der Waals surface area (Å²) >= 11 is 7.55. The van der Waals surface area contributed by atoms with Crippen LogP contribution in [0.15, 0.2) is 48.5 Å². The molecule has 37 heavy (non-hydrogen) atoms. The number of aromatic nitrogens is 1. The summed E-state index contributed by atoms with van der Waals surface area (Å²) in [5.41, 5.74) is 1.31. The predicted octanol–water partition coefficient (Wildman–Crippen LogP) is 5.99. The minimum Gasteiger partial charge on any atom is -0.494 e. The fraction of sp³-hybridized carbons (Fsp3) is 0.222. The maximum atomic E-state index is 14.3. The normalized spacial score (nSPS) is 10.9. The van der Waals surface area contributed by atoms with Crippen molar-refractivity contribution in [2.24, 2.45) is 0 Å². The van der Waals surface area contributed by atoms with Crippen LogP contribution in [-0.4, -0.2) is 49.1 Å². The van der Waals surface area contributed by atoms with Gasteiger partial charge < -0.3 is 19.3 Å². The maximum Gasteiger partial charge on any atom is 0.181 e. The Hall–Kier alpha value is -3.53. The second-order valence-electron chi connectivity index (χ2n) is 7.90. The zero-order chi connectivity index (χ0) is 26.5. The van der Waals surface area contributed by atoms with E-state index in [-0.39, 0.29) is 43.3 Å². The molecule has 0 aliphatic heterocycles. The number of rotatable bonds is 11. The van der Waals surface area contributed by atoms with Gasteiger partial charge in [0.15, 0.2) is 23.1 Å². The van der Waals surface area contributed by atoms with Gasteiger partial charge in [-0.05, 0) is 36.4 Å². The van der Waals surface area contributed by atoms with E-state index < -0.39 is 5.82 Å². The van der Waals surface area contributed by atoms with E-state index in [0.717, 1.165) is 11.3 Å². The molecule has 0 atom stereocenters. The van der Waals surface area contributed by atoms with Crippen LogP contribution >= 0.6 is 22.9 Å². The Morgan fingerprint density at radius 2 is 1.73 bits per heavy atom. The summed E-state index contributed by atoms with van der Waals surface area (Å²) in [7, 11) is 2.92. The first-order valence-electron chi connectivity index (χ1n) is 11.3. The van der Waals surface area contributed by atoms with Crippen LogP contribution in [0, 0.1) is 5.82 Å². The second kappa shape index (κ2) is 11.7. The van der Waals surface area contributed by atoms with Crippen molar-refractivity contribution >= 4 is 44.6 Å². The van der Waals surface area contributed by atoms with Crippen LogP contribution in [0.1, 0.15) is 33.7 Å². The lowest BCUT2D eigenvalue weighted by Gasteiger charge is -2.11. The number of Topliss-reactive ketones (excluding diaryl/α,β-unsaturated/α-hetero) is 2. The molecule has 192 valence electrons. The molecular weight excluding hydrogens is 521 g/mol. The van der Waals surface area contributed by atoms with E-state index in [1.54, 1.807) is 30.3 Å². The van der Waals surface area contributed by atoms with Gasteiger partial charge in [-0.25, -0.2) is 9.37 Å². The van der Waals surface area contributed by atoms with E-state index in [1.807, 2.05) is 0 Å². The number of carbonyl (C=O) groups excluding carboxylic acids is 2. The Kier molecular flexibility index (Phi) is 8.38. The average Bonchev–Trinajstić information content (AvgIpc) is 3.26. The third-order valence-electron chi connectivity index (χ3n) is 5.64. The van der Waals surface area contributed by atoms with E-state index in [0.29, 0.717) is 48.5 Å². The highest BCUT2D eigenvalue weighted by atomic mass is 35.5. The number of hydrogen-bond donors (Lipinski definition) is 1. The van der Waals surface area contributed by atoms with Crippen molar-refractivity contribution in [3.63, 3.8) is 0 Å². The summed E-state index contributed by atoms with van der Waals surface area (Å²) in [6, 6.07) is 12.5. The molecule has 2 aromatic carbocycles. The van der Waals surface area contributed by atoms with Crippen LogP contribution in [0.2, 0.25) is 4.34 Å². The number of halogens is 2. The van der Waals surface area contributed by atoms with E-state index in [1.165, 1.54) is 32.4 Å². The van der Waals surface area contributed by atoms with Crippen molar-refractivity contribution in [2.75, 3.05) is 27.4 Å². The molecule has 10 heteroatoms. The third kappa shape index (κ3) is 5.58.